The van der Waals surface area contributed by atoms with Gasteiger partial charge in [-0.3, -0.25) is 14.9 Å². The maximum absolute atomic E-state index is 13.5. The molecular weight excluding hydrogens is 590 g/mol. The zero-order chi connectivity index (χ0) is 32.1. The third-order valence-corrected chi connectivity index (χ3v) is 8.67. The molecule has 0 bridgehead atoms. The van der Waals surface area contributed by atoms with Crippen molar-refractivity contribution in [1.29, 1.82) is 5.26 Å². The van der Waals surface area contributed by atoms with E-state index in [1.807, 2.05) is 49.6 Å². The number of rotatable bonds is 11. The molecule has 1 aliphatic heterocycles. The number of methoxy groups -OCH3 is 1. The van der Waals surface area contributed by atoms with Crippen molar-refractivity contribution in [3.8, 4) is 16.7 Å². The monoisotopic (exact) mass is 629 g/mol. The highest BCUT2D eigenvalue weighted by molar-refractivity contribution is 7.17. The smallest absolute Gasteiger partial charge is 0.268 e. The first-order valence-electron chi connectivity index (χ1n) is 15.0. The van der Waals surface area contributed by atoms with Gasteiger partial charge in [-0.25, -0.2) is 9.97 Å². The van der Waals surface area contributed by atoms with Crippen molar-refractivity contribution in [2.24, 2.45) is 5.41 Å². The Labute approximate surface area is 266 Å². The lowest BCUT2D eigenvalue weighted by atomic mass is 9.93. The molecule has 12 heteroatoms. The first-order valence-corrected chi connectivity index (χ1v) is 15.8. The molecule has 5 rings (SSSR count). The number of nitrogens with zero attached hydrogens (tertiary/aromatic N) is 5. The number of benzene rings is 1. The molecule has 0 radical (unpaired) electrons. The molecule has 45 heavy (non-hydrogen) atoms. The number of oxazole rings is 1. The van der Waals surface area contributed by atoms with E-state index in [9.17, 15) is 14.9 Å². The number of amides is 2. The van der Waals surface area contributed by atoms with E-state index in [1.54, 1.807) is 30.3 Å². The summed E-state index contributed by atoms with van der Waals surface area (Å²) < 4.78 is 12.6. The Morgan fingerprint density at radius 2 is 2.11 bits per heavy atom. The van der Waals surface area contributed by atoms with Crippen molar-refractivity contribution in [3.05, 3.63) is 65.0 Å². The van der Waals surface area contributed by atoms with Gasteiger partial charge in [0.1, 0.15) is 11.6 Å². The van der Waals surface area contributed by atoms with Crippen LogP contribution in [-0.2, 0) is 22.6 Å². The summed E-state index contributed by atoms with van der Waals surface area (Å²) in [6, 6.07) is 11.8. The molecule has 2 amide bonds. The summed E-state index contributed by atoms with van der Waals surface area (Å²) in [5.41, 5.74) is 2.47. The molecule has 0 saturated carbocycles. The van der Waals surface area contributed by atoms with Crippen LogP contribution >= 0.6 is 11.3 Å². The van der Waals surface area contributed by atoms with E-state index in [1.165, 1.54) is 17.7 Å². The van der Waals surface area contributed by atoms with Crippen molar-refractivity contribution in [2.75, 3.05) is 25.6 Å². The number of nitriles is 1. The van der Waals surface area contributed by atoms with Gasteiger partial charge in [-0.1, -0.05) is 32.9 Å². The van der Waals surface area contributed by atoms with Crippen LogP contribution in [-0.4, -0.2) is 63.6 Å². The summed E-state index contributed by atoms with van der Waals surface area (Å²) in [6.45, 7) is 10.2. The Balaban J connectivity index is 1.45. The van der Waals surface area contributed by atoms with Crippen molar-refractivity contribution >= 4 is 40.1 Å². The first-order chi connectivity index (χ1) is 21.6. The van der Waals surface area contributed by atoms with E-state index in [0.717, 1.165) is 34.3 Å². The quantitative estimate of drug-likeness (QED) is 0.161. The van der Waals surface area contributed by atoms with Crippen molar-refractivity contribution in [3.63, 3.8) is 0 Å². The van der Waals surface area contributed by atoms with Gasteiger partial charge in [-0.15, -0.1) is 11.3 Å². The molecule has 1 saturated heterocycles. The second-order valence-electron chi connectivity index (χ2n) is 12.4. The second kappa shape index (κ2) is 13.8. The van der Waals surface area contributed by atoms with E-state index >= 15 is 0 Å². The maximum Gasteiger partial charge on any atom is 0.268 e. The van der Waals surface area contributed by atoms with Gasteiger partial charge in [-0.2, -0.15) is 5.26 Å². The minimum atomic E-state index is -0.309. The first kappa shape index (κ1) is 32.1. The van der Waals surface area contributed by atoms with Crippen molar-refractivity contribution in [2.45, 2.75) is 65.7 Å². The minimum absolute atomic E-state index is 0.151. The van der Waals surface area contributed by atoms with Gasteiger partial charge < -0.3 is 23.9 Å². The number of nitrogens with one attached hydrogen (secondary N) is 2. The van der Waals surface area contributed by atoms with Gasteiger partial charge in [0.15, 0.2) is 12.2 Å². The number of aromatic nitrogens is 3. The lowest BCUT2D eigenvalue weighted by Crippen LogP contribution is -2.39. The molecule has 1 unspecified atom stereocenters. The number of ether oxygens (including phenoxy) is 1. The van der Waals surface area contributed by atoms with Crippen LogP contribution in [0.1, 0.15) is 55.8 Å². The van der Waals surface area contributed by atoms with E-state index in [4.69, 9.17) is 14.1 Å². The summed E-state index contributed by atoms with van der Waals surface area (Å²) in [7, 11) is 1.68. The van der Waals surface area contributed by atoms with Gasteiger partial charge in [0.25, 0.3) is 11.8 Å². The number of hydrogen-bond acceptors (Lipinski definition) is 9. The van der Waals surface area contributed by atoms with Crippen LogP contribution < -0.4 is 10.6 Å². The van der Waals surface area contributed by atoms with Crippen LogP contribution in [0, 0.1) is 16.7 Å². The lowest BCUT2D eigenvalue weighted by Gasteiger charge is -2.26. The zero-order valence-electron chi connectivity index (χ0n) is 26.3. The van der Waals surface area contributed by atoms with Crippen LogP contribution in [0.5, 0.6) is 0 Å². The average molecular weight is 630 g/mol. The van der Waals surface area contributed by atoms with Crippen LogP contribution in [0.3, 0.4) is 0 Å². The van der Waals surface area contributed by atoms with E-state index in [2.05, 4.69) is 28.6 Å². The number of anilines is 1. The Kier molecular flexibility index (Phi) is 9.82. The topological polar surface area (TPSA) is 138 Å². The Hall–Kier alpha value is -4.31. The predicted octanol–water partition coefficient (Wildman–Crippen LogP) is 5.62. The Morgan fingerprint density at radius 1 is 1.29 bits per heavy atom. The molecule has 1 aliphatic rings. The van der Waals surface area contributed by atoms with Crippen molar-refractivity contribution in [1.82, 2.24) is 24.8 Å². The van der Waals surface area contributed by atoms with Gasteiger partial charge in [0.05, 0.1) is 39.6 Å². The number of likely N-dealkylation sites (tertiary alicyclic amines) is 1. The molecule has 0 spiro atoms. The van der Waals surface area contributed by atoms with Crippen LogP contribution in [0.4, 0.5) is 5.95 Å². The fraction of sp³-hybridized carbons (Fsp3) is 0.424. The SMILES string of the molecule is COCC(C)NCc1ccc2c(c1)nc(NC(=O)c1ccc(-c3cnco3)s1)n2C[C@H]1CCCN1C(=O)/C(C#N)=C\C(C)(C)C. The summed E-state index contributed by atoms with van der Waals surface area (Å²) in [5.74, 6) is 0.432. The van der Waals surface area contributed by atoms with E-state index in [0.29, 0.717) is 42.8 Å². The number of allylic oxidation sites excluding steroid dienone is 1. The lowest BCUT2D eigenvalue weighted by molar-refractivity contribution is -0.127. The molecule has 4 aromatic rings. The van der Waals surface area contributed by atoms with E-state index < -0.39 is 0 Å². The predicted molar refractivity (Wildman–Crippen MR) is 174 cm³/mol. The highest BCUT2D eigenvalue weighted by atomic mass is 32.1. The fourth-order valence-electron chi connectivity index (χ4n) is 5.49. The molecule has 236 valence electrons. The molecule has 0 aliphatic carbocycles. The molecule has 4 heterocycles. The molecule has 1 aromatic carbocycles. The Bertz CT molecular complexity index is 1730. The number of fused-ring (bicyclic) bond motifs is 1. The minimum Gasteiger partial charge on any atom is -0.443 e. The summed E-state index contributed by atoms with van der Waals surface area (Å²) in [4.78, 5) is 38.9. The standard InChI is InChI=1S/C33H39N7O4S/c1-21(19-43-5)36-16-22-8-9-26-25(13-22)37-32(38-30(41)29-11-10-28(45-29)27-17-35-20-44-27)40(26)18-24-7-6-12-39(24)31(42)23(15-34)14-33(2,3)4/h8-11,13-14,17,20-21,24,36H,6-7,12,16,18-19H2,1-5H3,(H,37,38,41)/b23-14-/t21?,24-/m1/s1. The number of carbonyl (C=O) groups is 2. The number of thiophene rings is 1. The van der Waals surface area contributed by atoms with Crippen LogP contribution in [0.2, 0.25) is 0 Å². The fourth-order valence-corrected chi connectivity index (χ4v) is 6.35. The third-order valence-electron chi connectivity index (χ3n) is 7.57. The van der Waals surface area contributed by atoms with Gasteiger partial charge in [0, 0.05) is 32.8 Å². The van der Waals surface area contributed by atoms with E-state index in [-0.39, 0.29) is 34.9 Å². The van der Waals surface area contributed by atoms with Gasteiger partial charge in [-0.05, 0) is 55.0 Å². The third kappa shape index (κ3) is 7.68. The molecule has 2 atom stereocenters. The highest BCUT2D eigenvalue weighted by Crippen LogP contribution is 2.30. The molecule has 1 fully saturated rings. The average Bonchev–Trinajstić information content (AvgIpc) is 3.81. The number of carbonyl (C=O) groups excluding carboxylic acids is 2. The zero-order valence-corrected chi connectivity index (χ0v) is 27.1. The largest absolute Gasteiger partial charge is 0.443 e. The molecule has 2 N–H and O–H groups in total. The molecule has 3 aromatic heterocycles. The summed E-state index contributed by atoms with van der Waals surface area (Å²) >= 11 is 1.30. The number of hydrogen-bond donors (Lipinski definition) is 2. The maximum atomic E-state index is 13.5. The second-order valence-corrected chi connectivity index (χ2v) is 13.5. The Morgan fingerprint density at radius 3 is 2.82 bits per heavy atom. The van der Waals surface area contributed by atoms with Gasteiger partial charge >= 0.3 is 0 Å². The number of imidazole rings is 1. The van der Waals surface area contributed by atoms with Crippen LogP contribution in [0.15, 0.2) is 59.0 Å². The summed E-state index contributed by atoms with van der Waals surface area (Å²) in [6.07, 6.45) is 6.30. The normalized spacial score (nSPS) is 16.2. The van der Waals surface area contributed by atoms with Gasteiger partial charge in [0.2, 0.25) is 5.95 Å². The summed E-state index contributed by atoms with van der Waals surface area (Å²) in [5, 5.41) is 16.3. The van der Waals surface area contributed by atoms with Crippen LogP contribution in [0.25, 0.3) is 21.7 Å². The highest BCUT2D eigenvalue weighted by Gasteiger charge is 2.32. The molecule has 11 nitrogen and oxygen atoms in total. The van der Waals surface area contributed by atoms with Crippen molar-refractivity contribution < 1.29 is 18.7 Å². The molecular formula is C33H39N7O4S.